The minimum absolute atomic E-state index is 0.198. The molecule has 0 atom stereocenters. The molecule has 0 bridgehead atoms. The summed E-state index contributed by atoms with van der Waals surface area (Å²) in [4.78, 5) is 11.3. The largest absolute Gasteiger partial charge is 0.286 e. The number of nitrogens with one attached hydrogen (secondary N) is 1. The van der Waals surface area contributed by atoms with Gasteiger partial charge >= 0.3 is 0 Å². The lowest BCUT2D eigenvalue weighted by Crippen LogP contribution is -2.34. The number of carbonyl (C=O) groups excluding carboxylic acids is 1. The average molecular weight is 259 g/mol. The van der Waals surface area contributed by atoms with E-state index in [1.54, 1.807) is 43.4 Å². The molecule has 0 unspecified atom stereocenters. The zero-order chi connectivity index (χ0) is 12.1. The SMILES string of the molecule is CN(C)NC(=O)/C=C/c1ccc(Cl)c(Cl)c1. The number of nitrogens with zero attached hydrogens (tertiary/aromatic N) is 1. The van der Waals surface area contributed by atoms with E-state index in [-0.39, 0.29) is 5.91 Å². The van der Waals surface area contributed by atoms with Crippen LogP contribution in [0.4, 0.5) is 0 Å². The maximum atomic E-state index is 11.3. The van der Waals surface area contributed by atoms with Crippen molar-refractivity contribution in [3.8, 4) is 0 Å². The molecule has 5 heteroatoms. The minimum Gasteiger partial charge on any atom is -0.286 e. The molecule has 0 radical (unpaired) electrons. The Kier molecular flexibility index (Phi) is 4.80. The molecule has 1 N–H and O–H groups in total. The highest BCUT2D eigenvalue weighted by Gasteiger charge is 1.98. The molecule has 1 amide bonds. The zero-order valence-corrected chi connectivity index (χ0v) is 10.5. The van der Waals surface area contributed by atoms with Crippen LogP contribution in [-0.2, 0) is 4.79 Å². The lowest BCUT2D eigenvalue weighted by molar-refractivity contribution is -0.119. The Balaban J connectivity index is 2.69. The van der Waals surface area contributed by atoms with Crippen LogP contribution in [0.25, 0.3) is 6.08 Å². The molecule has 0 aliphatic rings. The van der Waals surface area contributed by atoms with E-state index < -0.39 is 0 Å². The van der Waals surface area contributed by atoms with Crippen molar-refractivity contribution in [2.45, 2.75) is 0 Å². The second-order valence-electron chi connectivity index (χ2n) is 3.38. The van der Waals surface area contributed by atoms with Gasteiger partial charge in [-0.15, -0.1) is 0 Å². The van der Waals surface area contributed by atoms with Crippen LogP contribution in [0.3, 0.4) is 0 Å². The first kappa shape index (κ1) is 13.0. The molecule has 16 heavy (non-hydrogen) atoms. The Bertz CT molecular complexity index is 416. The molecule has 1 rings (SSSR count). The van der Waals surface area contributed by atoms with Crippen LogP contribution < -0.4 is 5.43 Å². The van der Waals surface area contributed by atoms with Gasteiger partial charge in [0.25, 0.3) is 5.91 Å². The standard InChI is InChI=1S/C11H12Cl2N2O/c1-15(2)14-11(16)6-4-8-3-5-9(12)10(13)7-8/h3-7H,1-2H3,(H,14,16)/b6-4+. The highest BCUT2D eigenvalue weighted by Crippen LogP contribution is 2.22. The van der Waals surface area contributed by atoms with Crippen LogP contribution in [0.2, 0.25) is 10.0 Å². The van der Waals surface area contributed by atoms with Crippen LogP contribution in [-0.4, -0.2) is 25.0 Å². The number of amides is 1. The second-order valence-corrected chi connectivity index (χ2v) is 4.19. The first-order valence-corrected chi connectivity index (χ1v) is 5.35. The van der Waals surface area contributed by atoms with Crippen LogP contribution in [0.5, 0.6) is 0 Å². The Morgan fingerprint density at radius 2 is 2.00 bits per heavy atom. The van der Waals surface area contributed by atoms with Gasteiger partial charge in [-0.1, -0.05) is 29.3 Å². The first-order valence-electron chi connectivity index (χ1n) is 4.60. The molecule has 3 nitrogen and oxygen atoms in total. The van der Waals surface area contributed by atoms with Crippen molar-refractivity contribution in [2.75, 3.05) is 14.1 Å². The first-order chi connectivity index (χ1) is 7.49. The van der Waals surface area contributed by atoms with Crippen molar-refractivity contribution < 1.29 is 4.79 Å². The van der Waals surface area contributed by atoms with Crippen LogP contribution in [0, 0.1) is 0 Å². The lowest BCUT2D eigenvalue weighted by Gasteiger charge is -2.08. The van der Waals surface area contributed by atoms with E-state index in [1.807, 2.05) is 0 Å². The van der Waals surface area contributed by atoms with E-state index >= 15 is 0 Å². The Morgan fingerprint density at radius 3 is 2.56 bits per heavy atom. The smallest absolute Gasteiger partial charge is 0.258 e. The van der Waals surface area contributed by atoms with Crippen molar-refractivity contribution in [3.05, 3.63) is 39.9 Å². The molecule has 0 saturated carbocycles. The summed E-state index contributed by atoms with van der Waals surface area (Å²) in [5.74, 6) is -0.198. The summed E-state index contributed by atoms with van der Waals surface area (Å²) in [6, 6.07) is 5.17. The Labute approximate surface area is 105 Å². The third-order valence-electron chi connectivity index (χ3n) is 1.70. The molecule has 0 aliphatic carbocycles. The minimum atomic E-state index is -0.198. The summed E-state index contributed by atoms with van der Waals surface area (Å²) in [7, 11) is 3.48. The number of hydrazine groups is 1. The quantitative estimate of drug-likeness (QED) is 0.668. The summed E-state index contributed by atoms with van der Waals surface area (Å²) >= 11 is 11.6. The van der Waals surface area contributed by atoms with Crippen molar-refractivity contribution in [2.24, 2.45) is 0 Å². The molecule has 86 valence electrons. The number of hydrogen-bond donors (Lipinski definition) is 1. The van der Waals surface area contributed by atoms with Gasteiger partial charge in [-0.3, -0.25) is 10.2 Å². The fourth-order valence-electron chi connectivity index (χ4n) is 1.05. The fraction of sp³-hybridized carbons (Fsp3) is 0.182. The van der Waals surface area contributed by atoms with Crippen molar-refractivity contribution in [1.82, 2.24) is 10.4 Å². The monoisotopic (exact) mass is 258 g/mol. The molecule has 0 heterocycles. The van der Waals surface area contributed by atoms with Gasteiger partial charge in [0.1, 0.15) is 0 Å². The molecule has 1 aromatic carbocycles. The van der Waals surface area contributed by atoms with Crippen molar-refractivity contribution >= 4 is 35.2 Å². The van der Waals surface area contributed by atoms with Gasteiger partial charge in [0.15, 0.2) is 0 Å². The van der Waals surface area contributed by atoms with Crippen LogP contribution in [0.15, 0.2) is 24.3 Å². The van der Waals surface area contributed by atoms with Gasteiger partial charge in [-0.05, 0) is 23.8 Å². The number of benzene rings is 1. The number of hydrogen-bond acceptors (Lipinski definition) is 2. The lowest BCUT2D eigenvalue weighted by atomic mass is 10.2. The molecular weight excluding hydrogens is 247 g/mol. The molecule has 0 fully saturated rings. The van der Waals surface area contributed by atoms with E-state index in [0.717, 1.165) is 5.56 Å². The topological polar surface area (TPSA) is 32.3 Å². The van der Waals surface area contributed by atoms with E-state index in [4.69, 9.17) is 23.2 Å². The molecule has 0 aromatic heterocycles. The normalized spacial score (nSPS) is 11.1. The summed E-state index contributed by atoms with van der Waals surface area (Å²) in [5.41, 5.74) is 3.41. The molecule has 1 aromatic rings. The maximum Gasteiger partial charge on any atom is 0.258 e. The number of rotatable bonds is 3. The zero-order valence-electron chi connectivity index (χ0n) is 9.00. The molecular formula is C11H12Cl2N2O. The predicted octanol–water partition coefficient (Wildman–Crippen LogP) is 2.60. The third kappa shape index (κ3) is 4.23. The average Bonchev–Trinajstić information content (AvgIpc) is 2.19. The van der Waals surface area contributed by atoms with E-state index in [0.29, 0.717) is 10.0 Å². The van der Waals surface area contributed by atoms with Gasteiger partial charge < -0.3 is 0 Å². The van der Waals surface area contributed by atoms with Crippen LogP contribution >= 0.6 is 23.2 Å². The second kappa shape index (κ2) is 5.89. The maximum absolute atomic E-state index is 11.3. The number of carbonyl (C=O) groups is 1. The van der Waals surface area contributed by atoms with Gasteiger partial charge in [0, 0.05) is 20.2 Å². The fourth-order valence-corrected chi connectivity index (χ4v) is 1.35. The van der Waals surface area contributed by atoms with E-state index in [1.165, 1.54) is 6.08 Å². The molecule has 0 aliphatic heterocycles. The Hall–Kier alpha value is -1.03. The van der Waals surface area contributed by atoms with Crippen molar-refractivity contribution in [1.29, 1.82) is 0 Å². The van der Waals surface area contributed by atoms with E-state index in [2.05, 4.69) is 5.43 Å². The highest BCUT2D eigenvalue weighted by molar-refractivity contribution is 6.42. The number of halogens is 2. The molecule has 0 spiro atoms. The summed E-state index contributed by atoms with van der Waals surface area (Å²) in [6.07, 6.45) is 3.10. The van der Waals surface area contributed by atoms with Crippen LogP contribution in [0.1, 0.15) is 5.56 Å². The predicted molar refractivity (Wildman–Crippen MR) is 67.3 cm³/mol. The van der Waals surface area contributed by atoms with Crippen molar-refractivity contribution in [3.63, 3.8) is 0 Å². The highest BCUT2D eigenvalue weighted by atomic mass is 35.5. The van der Waals surface area contributed by atoms with Gasteiger partial charge in [0.2, 0.25) is 0 Å². The van der Waals surface area contributed by atoms with Gasteiger partial charge in [-0.2, -0.15) is 0 Å². The summed E-state index contributed by atoms with van der Waals surface area (Å²) in [6.45, 7) is 0. The third-order valence-corrected chi connectivity index (χ3v) is 2.44. The van der Waals surface area contributed by atoms with Gasteiger partial charge in [0.05, 0.1) is 10.0 Å². The summed E-state index contributed by atoms with van der Waals surface area (Å²) < 4.78 is 0. The van der Waals surface area contributed by atoms with Gasteiger partial charge in [-0.25, -0.2) is 5.01 Å². The molecule has 0 saturated heterocycles. The van der Waals surface area contributed by atoms with E-state index in [9.17, 15) is 4.79 Å². The Morgan fingerprint density at radius 1 is 1.31 bits per heavy atom. The summed E-state index contributed by atoms with van der Waals surface area (Å²) in [5, 5.41) is 2.54.